The second-order valence-corrected chi connectivity index (χ2v) is 2.40. The van der Waals surface area contributed by atoms with Crippen molar-refractivity contribution in [1.29, 1.82) is 0 Å². The minimum atomic E-state index is 0.664. The fraction of sp³-hybridized carbons (Fsp3) is 0.833. The van der Waals surface area contributed by atoms with E-state index < -0.39 is 0 Å². The molecule has 0 spiro atoms. The second-order valence-electron chi connectivity index (χ2n) is 1.49. The summed E-state index contributed by atoms with van der Waals surface area (Å²) in [5, 5.41) is 0. The smallest absolute Gasteiger partial charge is 0.0935 e. The van der Waals surface area contributed by atoms with Crippen molar-refractivity contribution in [1.82, 2.24) is 0 Å². The molecule has 0 aliphatic rings. The molecule has 0 rings (SSSR count). The maximum absolute atomic E-state index is 5.04. The molecule has 0 N–H and O–H groups in total. The Hall–Kier alpha value is 0.270. The normalized spacial score (nSPS) is 10.0. The highest BCUT2D eigenvalue weighted by atomic mass is 32.2. The number of rotatable bonds is 6. The summed E-state index contributed by atoms with van der Waals surface area (Å²) in [6.07, 6.45) is 2.04. The predicted molar refractivity (Wildman–Crippen MR) is 40.5 cm³/mol. The van der Waals surface area contributed by atoms with Gasteiger partial charge in [-0.3, -0.25) is 0 Å². The van der Waals surface area contributed by atoms with E-state index in [0.717, 1.165) is 5.75 Å². The third-order valence-corrected chi connectivity index (χ3v) is 1.23. The molecule has 0 saturated carbocycles. The number of ether oxygens (including phenoxy) is 2. The number of methoxy groups -OCH3 is 1. The Morgan fingerprint density at radius 2 is 2.22 bits per heavy atom. The Morgan fingerprint density at radius 1 is 1.44 bits per heavy atom. The standard InChI is InChI=1S/C6H13O2S/c1-7-3-4-8-5-6-9-2/h5H,3-4,6H2,1-2H3. The first-order chi connectivity index (χ1) is 4.41. The summed E-state index contributed by atoms with van der Waals surface area (Å²) in [4.78, 5) is 0. The van der Waals surface area contributed by atoms with Crippen molar-refractivity contribution >= 4 is 11.8 Å². The number of hydrogen-bond acceptors (Lipinski definition) is 3. The van der Waals surface area contributed by atoms with Gasteiger partial charge in [-0.25, -0.2) is 0 Å². The van der Waals surface area contributed by atoms with E-state index in [1.165, 1.54) is 0 Å². The average molecular weight is 149 g/mol. The average Bonchev–Trinajstić information content (AvgIpc) is 1.89. The molecule has 0 unspecified atom stereocenters. The quantitative estimate of drug-likeness (QED) is 0.528. The molecule has 0 bridgehead atoms. The lowest BCUT2D eigenvalue weighted by Crippen LogP contribution is -2.00. The van der Waals surface area contributed by atoms with E-state index in [2.05, 4.69) is 0 Å². The zero-order valence-electron chi connectivity index (χ0n) is 5.92. The van der Waals surface area contributed by atoms with E-state index >= 15 is 0 Å². The molecule has 2 nitrogen and oxygen atoms in total. The summed E-state index contributed by atoms with van der Waals surface area (Å²) in [7, 11) is 1.66. The summed E-state index contributed by atoms with van der Waals surface area (Å²) in [6.45, 7) is 3.13. The maximum atomic E-state index is 5.04. The highest BCUT2D eigenvalue weighted by molar-refractivity contribution is 7.98. The van der Waals surface area contributed by atoms with Gasteiger partial charge in [-0.15, -0.1) is 0 Å². The van der Waals surface area contributed by atoms with Gasteiger partial charge in [0.15, 0.2) is 0 Å². The van der Waals surface area contributed by atoms with Crippen LogP contribution in [0.4, 0.5) is 0 Å². The molecule has 0 aromatic rings. The zero-order chi connectivity index (χ0) is 6.95. The molecule has 55 valence electrons. The van der Waals surface area contributed by atoms with Gasteiger partial charge >= 0.3 is 0 Å². The van der Waals surface area contributed by atoms with Crippen molar-refractivity contribution in [3.63, 3.8) is 0 Å². The molecule has 0 amide bonds. The van der Waals surface area contributed by atoms with Crippen LogP contribution >= 0.6 is 11.8 Å². The SMILES string of the molecule is COCCO[CH]CSC. The predicted octanol–water partition coefficient (Wildman–Crippen LogP) is 1.17. The van der Waals surface area contributed by atoms with Crippen LogP contribution in [0.5, 0.6) is 0 Å². The monoisotopic (exact) mass is 149 g/mol. The summed E-state index contributed by atoms with van der Waals surface area (Å²) in [5.74, 6) is 0.948. The highest BCUT2D eigenvalue weighted by Gasteiger charge is 1.85. The first-order valence-electron chi connectivity index (χ1n) is 2.83. The van der Waals surface area contributed by atoms with E-state index in [1.807, 2.05) is 6.26 Å². The molecular weight excluding hydrogens is 136 g/mol. The Morgan fingerprint density at radius 3 is 2.78 bits per heavy atom. The van der Waals surface area contributed by atoms with Gasteiger partial charge in [0.1, 0.15) is 0 Å². The Labute approximate surface area is 60.9 Å². The third kappa shape index (κ3) is 8.27. The van der Waals surface area contributed by atoms with Gasteiger partial charge in [0.25, 0.3) is 0 Å². The maximum Gasteiger partial charge on any atom is 0.0935 e. The Bertz CT molecular complexity index is 44.3. The van der Waals surface area contributed by atoms with E-state index in [0.29, 0.717) is 13.2 Å². The highest BCUT2D eigenvalue weighted by Crippen LogP contribution is 1.94. The Balaban J connectivity index is 2.60. The van der Waals surface area contributed by atoms with Crippen LogP contribution in [0.15, 0.2) is 0 Å². The van der Waals surface area contributed by atoms with Gasteiger partial charge < -0.3 is 9.47 Å². The molecule has 0 saturated heterocycles. The number of thioether (sulfide) groups is 1. The molecule has 0 heterocycles. The number of hydrogen-bond donors (Lipinski definition) is 0. The molecule has 0 aliphatic heterocycles. The minimum absolute atomic E-state index is 0.664. The molecule has 0 atom stereocenters. The first kappa shape index (κ1) is 9.27. The second kappa shape index (κ2) is 8.27. The van der Waals surface area contributed by atoms with Gasteiger partial charge in [-0.1, -0.05) is 0 Å². The van der Waals surface area contributed by atoms with Crippen LogP contribution in [-0.4, -0.2) is 32.3 Å². The van der Waals surface area contributed by atoms with Crippen LogP contribution in [0.25, 0.3) is 0 Å². The van der Waals surface area contributed by atoms with Crippen molar-refractivity contribution in [3.8, 4) is 0 Å². The molecular formula is C6H13O2S. The summed E-state index contributed by atoms with van der Waals surface area (Å²) in [6, 6.07) is 0. The Kier molecular flexibility index (Phi) is 8.52. The molecule has 3 heteroatoms. The van der Waals surface area contributed by atoms with Gasteiger partial charge in [-0.05, 0) is 6.26 Å². The fourth-order valence-corrected chi connectivity index (χ4v) is 0.563. The van der Waals surface area contributed by atoms with E-state index in [9.17, 15) is 0 Å². The molecule has 0 aromatic heterocycles. The molecule has 0 fully saturated rings. The lowest BCUT2D eigenvalue weighted by atomic mass is 10.7. The molecule has 1 radical (unpaired) electrons. The first-order valence-corrected chi connectivity index (χ1v) is 4.22. The zero-order valence-corrected chi connectivity index (χ0v) is 6.74. The van der Waals surface area contributed by atoms with Crippen LogP contribution in [-0.2, 0) is 9.47 Å². The van der Waals surface area contributed by atoms with Crippen molar-refractivity contribution in [2.24, 2.45) is 0 Å². The van der Waals surface area contributed by atoms with Crippen molar-refractivity contribution in [3.05, 3.63) is 6.61 Å². The van der Waals surface area contributed by atoms with Crippen LogP contribution in [0.1, 0.15) is 0 Å². The van der Waals surface area contributed by atoms with E-state index in [1.54, 1.807) is 25.5 Å². The fourth-order valence-electron chi connectivity index (χ4n) is 0.331. The third-order valence-electron chi connectivity index (χ3n) is 0.758. The van der Waals surface area contributed by atoms with Crippen molar-refractivity contribution in [2.45, 2.75) is 0 Å². The lowest BCUT2D eigenvalue weighted by Gasteiger charge is -1.99. The van der Waals surface area contributed by atoms with E-state index in [-0.39, 0.29) is 0 Å². The summed E-state index contributed by atoms with van der Waals surface area (Å²) >= 11 is 1.74. The topological polar surface area (TPSA) is 18.5 Å². The van der Waals surface area contributed by atoms with Crippen LogP contribution in [0, 0.1) is 6.61 Å². The van der Waals surface area contributed by atoms with Crippen LogP contribution < -0.4 is 0 Å². The van der Waals surface area contributed by atoms with Gasteiger partial charge in [-0.2, -0.15) is 11.8 Å². The van der Waals surface area contributed by atoms with Crippen molar-refractivity contribution in [2.75, 3.05) is 32.3 Å². The molecule has 0 aromatic carbocycles. The van der Waals surface area contributed by atoms with Crippen LogP contribution in [0.2, 0.25) is 0 Å². The lowest BCUT2D eigenvalue weighted by molar-refractivity contribution is 0.107. The van der Waals surface area contributed by atoms with Crippen LogP contribution in [0.3, 0.4) is 0 Å². The largest absolute Gasteiger partial charge is 0.382 e. The minimum Gasteiger partial charge on any atom is -0.382 e. The van der Waals surface area contributed by atoms with Gasteiger partial charge in [0.05, 0.1) is 19.8 Å². The van der Waals surface area contributed by atoms with Gasteiger partial charge in [0.2, 0.25) is 0 Å². The van der Waals surface area contributed by atoms with E-state index in [4.69, 9.17) is 9.47 Å². The molecule has 0 aliphatic carbocycles. The molecule has 9 heavy (non-hydrogen) atoms. The summed E-state index contributed by atoms with van der Waals surface area (Å²) < 4.78 is 9.81. The summed E-state index contributed by atoms with van der Waals surface area (Å²) in [5.41, 5.74) is 0. The van der Waals surface area contributed by atoms with Gasteiger partial charge in [0, 0.05) is 12.9 Å². The van der Waals surface area contributed by atoms with Crippen molar-refractivity contribution < 1.29 is 9.47 Å².